The number of halogens is 2. The molecule has 0 bridgehead atoms. The second-order valence-electron chi connectivity index (χ2n) is 4.20. The van der Waals surface area contributed by atoms with Crippen LogP contribution in [0.5, 0.6) is 0 Å². The van der Waals surface area contributed by atoms with E-state index in [0.717, 1.165) is 5.56 Å². The number of hydrogen-bond donors (Lipinski definition) is 0. The van der Waals surface area contributed by atoms with Crippen LogP contribution in [-0.2, 0) is 0 Å². The van der Waals surface area contributed by atoms with Crippen molar-refractivity contribution in [3.05, 3.63) is 75.3 Å². The molecule has 2 rings (SSSR count). The Morgan fingerprint density at radius 2 is 1.68 bits per heavy atom. The van der Waals surface area contributed by atoms with Crippen molar-refractivity contribution in [1.82, 2.24) is 0 Å². The first-order valence-corrected chi connectivity index (χ1v) is 6.56. The number of allylic oxidation sites excluding steroid dienone is 1. The quantitative estimate of drug-likeness (QED) is 0.561. The summed E-state index contributed by atoms with van der Waals surface area (Å²) >= 11 is 12.1. The van der Waals surface area contributed by atoms with E-state index in [-0.39, 0.29) is 5.78 Å². The van der Waals surface area contributed by atoms with Crippen LogP contribution < -0.4 is 0 Å². The van der Waals surface area contributed by atoms with E-state index in [9.17, 15) is 4.79 Å². The molecule has 19 heavy (non-hydrogen) atoms. The van der Waals surface area contributed by atoms with Gasteiger partial charge in [-0.25, -0.2) is 0 Å². The van der Waals surface area contributed by atoms with Crippen molar-refractivity contribution in [3.63, 3.8) is 0 Å². The van der Waals surface area contributed by atoms with Gasteiger partial charge in [0.15, 0.2) is 5.78 Å². The molecule has 0 radical (unpaired) electrons. The highest BCUT2D eigenvalue weighted by Crippen LogP contribution is 2.25. The van der Waals surface area contributed by atoms with E-state index in [2.05, 4.69) is 0 Å². The minimum Gasteiger partial charge on any atom is -0.289 e. The van der Waals surface area contributed by atoms with E-state index >= 15 is 0 Å². The van der Waals surface area contributed by atoms with Gasteiger partial charge < -0.3 is 0 Å². The predicted molar refractivity (Wildman–Crippen MR) is 81.0 cm³/mol. The average molecular weight is 291 g/mol. The van der Waals surface area contributed by atoms with Gasteiger partial charge in [-0.15, -0.1) is 0 Å². The highest BCUT2D eigenvalue weighted by molar-refractivity contribution is 6.37. The van der Waals surface area contributed by atoms with Crippen molar-refractivity contribution < 1.29 is 4.79 Å². The monoisotopic (exact) mass is 290 g/mol. The second kappa shape index (κ2) is 6.05. The lowest BCUT2D eigenvalue weighted by Crippen LogP contribution is -1.94. The van der Waals surface area contributed by atoms with E-state index < -0.39 is 0 Å². The number of carbonyl (C=O) groups excluding carboxylic acids is 1. The zero-order valence-corrected chi connectivity index (χ0v) is 11.9. The topological polar surface area (TPSA) is 17.1 Å². The molecule has 0 aliphatic carbocycles. The maximum absolute atomic E-state index is 12.0. The van der Waals surface area contributed by atoms with Crippen LogP contribution in [0.15, 0.2) is 48.5 Å². The van der Waals surface area contributed by atoms with Crippen LogP contribution in [0.3, 0.4) is 0 Å². The molecule has 0 N–H and O–H groups in total. The Hall–Kier alpha value is -1.57. The summed E-state index contributed by atoms with van der Waals surface area (Å²) < 4.78 is 0. The second-order valence-corrected chi connectivity index (χ2v) is 5.02. The van der Waals surface area contributed by atoms with Crippen LogP contribution in [0.4, 0.5) is 0 Å². The molecule has 0 spiro atoms. The Labute approximate surface area is 122 Å². The maximum atomic E-state index is 12.0. The maximum Gasteiger partial charge on any atom is 0.185 e. The zero-order chi connectivity index (χ0) is 13.8. The summed E-state index contributed by atoms with van der Waals surface area (Å²) in [5, 5.41) is 1.06. The van der Waals surface area contributed by atoms with Crippen LogP contribution in [0.25, 0.3) is 6.08 Å². The molecule has 0 saturated heterocycles. The average Bonchev–Trinajstić information content (AvgIpc) is 2.38. The number of benzene rings is 2. The van der Waals surface area contributed by atoms with Gasteiger partial charge in [0.25, 0.3) is 0 Å². The molecule has 96 valence electrons. The van der Waals surface area contributed by atoms with E-state index in [1.807, 2.05) is 25.1 Å². The third-order valence-electron chi connectivity index (χ3n) is 2.70. The standard InChI is InChI=1S/C16H12Cl2O/c1-11-4-2-5-12(10-11)16(19)9-8-13-14(17)6-3-7-15(13)18/h2-10H,1H3/b9-8-. The third kappa shape index (κ3) is 3.46. The van der Waals surface area contributed by atoms with Crippen LogP contribution in [0, 0.1) is 6.92 Å². The van der Waals surface area contributed by atoms with Crippen LogP contribution in [0.1, 0.15) is 21.5 Å². The number of aryl methyl sites for hydroxylation is 1. The van der Waals surface area contributed by atoms with Crippen molar-refractivity contribution >= 4 is 35.1 Å². The molecule has 0 aliphatic rings. The van der Waals surface area contributed by atoms with Crippen molar-refractivity contribution in [2.45, 2.75) is 6.92 Å². The Bertz CT molecular complexity index is 625. The van der Waals surface area contributed by atoms with E-state index in [1.165, 1.54) is 6.08 Å². The molecule has 3 heteroatoms. The molecule has 1 nitrogen and oxygen atoms in total. The minimum absolute atomic E-state index is 0.0697. The first-order chi connectivity index (χ1) is 9.08. The number of rotatable bonds is 3. The first-order valence-electron chi connectivity index (χ1n) is 5.81. The van der Waals surface area contributed by atoms with Gasteiger partial charge in [0.05, 0.1) is 0 Å². The van der Waals surface area contributed by atoms with E-state index in [4.69, 9.17) is 23.2 Å². The fraction of sp³-hybridized carbons (Fsp3) is 0.0625. The number of carbonyl (C=O) groups is 1. The summed E-state index contributed by atoms with van der Waals surface area (Å²) in [6, 6.07) is 12.7. The van der Waals surface area contributed by atoms with Gasteiger partial charge in [0.1, 0.15) is 0 Å². The van der Waals surface area contributed by atoms with Crippen molar-refractivity contribution in [3.8, 4) is 0 Å². The lowest BCUT2D eigenvalue weighted by Gasteiger charge is -2.01. The van der Waals surface area contributed by atoms with Crippen LogP contribution in [-0.4, -0.2) is 5.78 Å². The Balaban J connectivity index is 2.26. The van der Waals surface area contributed by atoms with Gasteiger partial charge in [-0.3, -0.25) is 4.79 Å². The van der Waals surface area contributed by atoms with Crippen molar-refractivity contribution in [1.29, 1.82) is 0 Å². The molecule has 0 unspecified atom stereocenters. The van der Waals surface area contributed by atoms with Crippen molar-refractivity contribution in [2.24, 2.45) is 0 Å². The van der Waals surface area contributed by atoms with Crippen LogP contribution in [0.2, 0.25) is 10.0 Å². The molecule has 0 aliphatic heterocycles. The molecule has 0 saturated carbocycles. The summed E-state index contributed by atoms with van der Waals surface area (Å²) in [5.74, 6) is -0.0697. The van der Waals surface area contributed by atoms with E-state index in [0.29, 0.717) is 21.2 Å². The molecular weight excluding hydrogens is 279 g/mol. The fourth-order valence-electron chi connectivity index (χ4n) is 1.72. The molecule has 0 fully saturated rings. The van der Waals surface area contributed by atoms with Gasteiger partial charge in [-0.2, -0.15) is 0 Å². The molecule has 0 heterocycles. The summed E-state index contributed by atoms with van der Waals surface area (Å²) in [6.07, 6.45) is 3.14. The summed E-state index contributed by atoms with van der Waals surface area (Å²) in [6.45, 7) is 1.95. The zero-order valence-electron chi connectivity index (χ0n) is 10.4. The van der Waals surface area contributed by atoms with Crippen LogP contribution >= 0.6 is 23.2 Å². The molecule has 2 aromatic rings. The lowest BCUT2D eigenvalue weighted by atomic mass is 10.1. The number of hydrogen-bond acceptors (Lipinski definition) is 1. The Kier molecular flexibility index (Phi) is 4.41. The highest BCUT2D eigenvalue weighted by Gasteiger charge is 2.04. The minimum atomic E-state index is -0.0697. The number of ketones is 1. The van der Waals surface area contributed by atoms with Gasteiger partial charge in [0.2, 0.25) is 0 Å². The Morgan fingerprint density at radius 1 is 1.05 bits per heavy atom. The van der Waals surface area contributed by atoms with Crippen molar-refractivity contribution in [2.75, 3.05) is 0 Å². The van der Waals surface area contributed by atoms with Gasteiger partial charge >= 0.3 is 0 Å². The normalized spacial score (nSPS) is 10.9. The largest absolute Gasteiger partial charge is 0.289 e. The summed E-state index contributed by atoms with van der Waals surface area (Å²) in [7, 11) is 0. The predicted octanol–water partition coefficient (Wildman–Crippen LogP) is 5.20. The summed E-state index contributed by atoms with van der Waals surface area (Å²) in [4.78, 5) is 12.0. The Morgan fingerprint density at radius 3 is 2.32 bits per heavy atom. The van der Waals surface area contributed by atoms with Gasteiger partial charge in [-0.05, 0) is 37.3 Å². The molecule has 0 atom stereocenters. The molecular formula is C16H12Cl2O. The molecule has 0 amide bonds. The van der Waals surface area contributed by atoms with Gasteiger partial charge in [0, 0.05) is 21.2 Å². The molecule has 2 aromatic carbocycles. The first kappa shape index (κ1) is 13.9. The molecule has 0 aromatic heterocycles. The van der Waals surface area contributed by atoms with Gasteiger partial charge in [-0.1, -0.05) is 53.0 Å². The lowest BCUT2D eigenvalue weighted by molar-refractivity contribution is 0.104. The SMILES string of the molecule is Cc1cccc(C(=O)/C=C\c2c(Cl)cccc2Cl)c1. The smallest absolute Gasteiger partial charge is 0.185 e. The van der Waals surface area contributed by atoms with E-state index in [1.54, 1.807) is 30.3 Å². The fourth-order valence-corrected chi connectivity index (χ4v) is 2.25. The summed E-state index contributed by atoms with van der Waals surface area (Å²) in [5.41, 5.74) is 2.36. The highest BCUT2D eigenvalue weighted by atomic mass is 35.5. The third-order valence-corrected chi connectivity index (χ3v) is 3.36.